The lowest BCUT2D eigenvalue weighted by molar-refractivity contribution is -0.883. The van der Waals surface area contributed by atoms with Crippen LogP contribution in [0.5, 0.6) is 0 Å². The predicted molar refractivity (Wildman–Crippen MR) is 320 cm³/mol. The van der Waals surface area contributed by atoms with Gasteiger partial charge in [-0.2, -0.15) is 0 Å². The Morgan fingerprint density at radius 1 is 0.700 bits per heavy atom. The molecule has 0 radical (unpaired) electrons. The van der Waals surface area contributed by atoms with Crippen LogP contribution in [0.15, 0.2) is 94.6 Å². The van der Waals surface area contributed by atoms with Crippen molar-refractivity contribution in [3.05, 3.63) is 134 Å². The number of carbonyl (C=O) groups excluding carboxylic acids is 1. The molecule has 0 N–H and O–H groups in total. The average molecular weight is 1120 g/mol. The zero-order valence-electron chi connectivity index (χ0n) is 48.1. The molecule has 0 unspecified atom stereocenters. The van der Waals surface area contributed by atoms with Gasteiger partial charge in [-0.05, 0) is 125 Å². The van der Waals surface area contributed by atoms with Crippen LogP contribution >= 0.6 is 0 Å². The molecular weight excluding hydrogens is 1050 g/mol. The van der Waals surface area contributed by atoms with Gasteiger partial charge >= 0.3 is 12.8 Å². The first-order chi connectivity index (χ1) is 37.9. The Labute approximate surface area is 474 Å². The summed E-state index contributed by atoms with van der Waals surface area (Å²) in [6.07, 6.45) is 1.95. The SMILES string of the molecule is CCC1=C(C)/C(=C(\c2ccc(C#Cc3ccc4ccc5c(C(=O)OCCOCCOC)ccc6ccc3c4c65)cc2)c2c(C)c(CC)c(C)n2B(C#CC[N+](C)(C)CCCS(=O)(=O)[O-])C#CC[N+](C)(C)CCCS(=O)(=O)[O-])N=C1C. The van der Waals surface area contributed by atoms with E-state index in [-0.39, 0.29) is 26.1 Å². The fraction of sp³-hybridized carbons (Fsp3) is 0.397. The maximum absolute atomic E-state index is 13.4. The third kappa shape index (κ3) is 14.9. The summed E-state index contributed by atoms with van der Waals surface area (Å²) in [6, 6.07) is 24.3. The number of hydrogen-bond acceptors (Lipinski definition) is 11. The number of methoxy groups -OCH3 is 1. The zero-order valence-corrected chi connectivity index (χ0v) is 49.7. The van der Waals surface area contributed by atoms with Crippen molar-refractivity contribution in [2.75, 3.05) is 99.4 Å². The van der Waals surface area contributed by atoms with E-state index in [2.05, 4.69) is 112 Å². The second-order valence-electron chi connectivity index (χ2n) is 21.8. The molecular formula is C63H73BN4O10S2. The second-order valence-corrected chi connectivity index (χ2v) is 24.8. The number of esters is 1. The van der Waals surface area contributed by atoms with E-state index in [4.69, 9.17) is 19.2 Å². The van der Waals surface area contributed by atoms with E-state index in [1.807, 2.05) is 70.7 Å². The van der Waals surface area contributed by atoms with Crippen LogP contribution < -0.4 is 0 Å². The quantitative estimate of drug-likeness (QED) is 0.0122. The predicted octanol–water partition coefficient (Wildman–Crippen LogP) is 8.69. The third-order valence-corrected chi connectivity index (χ3v) is 16.5. The monoisotopic (exact) mass is 1120 g/mol. The maximum atomic E-state index is 13.4. The Morgan fingerprint density at radius 2 is 1.26 bits per heavy atom. The first-order valence-electron chi connectivity index (χ1n) is 27.1. The number of hydrogen-bond donors (Lipinski definition) is 0. The van der Waals surface area contributed by atoms with Gasteiger partial charge in [0.15, 0.2) is 0 Å². The molecule has 420 valence electrons. The highest BCUT2D eigenvalue weighted by Crippen LogP contribution is 2.41. The Bertz CT molecular complexity index is 3770. The lowest BCUT2D eigenvalue weighted by Crippen LogP contribution is -2.41. The molecule has 80 heavy (non-hydrogen) atoms. The minimum Gasteiger partial charge on any atom is -0.748 e. The van der Waals surface area contributed by atoms with Crippen molar-refractivity contribution in [3.63, 3.8) is 0 Å². The second kappa shape index (κ2) is 25.9. The largest absolute Gasteiger partial charge is 0.748 e. The summed E-state index contributed by atoms with van der Waals surface area (Å²) >= 11 is 0. The number of benzene rings is 5. The van der Waals surface area contributed by atoms with Crippen LogP contribution in [0.1, 0.15) is 96.5 Å². The number of quaternary nitrogens is 2. The molecule has 0 amide bonds. The van der Waals surface area contributed by atoms with Crippen molar-refractivity contribution in [2.45, 2.75) is 67.2 Å². The molecule has 0 atom stereocenters. The number of carbonyl (C=O) groups is 1. The molecule has 1 aromatic heterocycles. The van der Waals surface area contributed by atoms with Crippen molar-refractivity contribution in [1.29, 1.82) is 0 Å². The maximum Gasteiger partial charge on any atom is 0.433 e. The lowest BCUT2D eigenvalue weighted by Gasteiger charge is -2.28. The van der Waals surface area contributed by atoms with Crippen molar-refractivity contribution < 1.29 is 53.9 Å². The van der Waals surface area contributed by atoms with Gasteiger partial charge in [0.05, 0.1) is 92.6 Å². The van der Waals surface area contributed by atoms with Crippen LogP contribution in [0.3, 0.4) is 0 Å². The standard InChI is InChI=1S/C63H73BN4O10S2/c1-12-53-44(3)61(65-46(53)5)60(62-45(4)54(13-2)47(6)66(62)64(32-14-34-67(7,8)36-16-42-79(70,71)72)33-15-35-68(9,10)37-17-43-80(73,74)75)52-22-19-48(20-23-52)18-21-49-24-25-50-27-30-56-57(63(69)78-41-40-77-39-38-76-11)31-28-51-26-29-55(49)58(50)59(51)56/h19-20,22-31H,12-13,16-17,34-43H2,1-11H3/b61-60-. The minimum atomic E-state index is -4.36. The van der Waals surface area contributed by atoms with E-state index in [1.54, 1.807) is 7.11 Å². The summed E-state index contributed by atoms with van der Waals surface area (Å²) in [4.78, 5) is 18.7. The van der Waals surface area contributed by atoms with Gasteiger partial charge in [-0.25, -0.2) is 21.6 Å². The fourth-order valence-electron chi connectivity index (χ4n) is 10.8. The third-order valence-electron chi connectivity index (χ3n) is 14.9. The van der Waals surface area contributed by atoms with E-state index >= 15 is 0 Å². The van der Waals surface area contributed by atoms with E-state index in [9.17, 15) is 30.7 Å². The molecule has 1 aliphatic heterocycles. The number of nitrogens with zero attached hydrogens (tertiary/aromatic N) is 4. The first-order valence-corrected chi connectivity index (χ1v) is 30.3. The number of aliphatic imine (C=N–C) groups is 1. The fourth-order valence-corrected chi connectivity index (χ4v) is 11.7. The molecule has 1 aliphatic rings. The van der Waals surface area contributed by atoms with E-state index < -0.39 is 44.6 Å². The average Bonchev–Trinajstić information content (AvgIpc) is 3.90. The molecule has 7 rings (SSSR count). The molecule has 17 heteroatoms. The van der Waals surface area contributed by atoms with E-state index in [0.717, 1.165) is 107 Å². The smallest absolute Gasteiger partial charge is 0.433 e. The van der Waals surface area contributed by atoms with Crippen LogP contribution in [0.2, 0.25) is 0 Å². The minimum absolute atomic E-state index is 0.128. The van der Waals surface area contributed by atoms with Crippen molar-refractivity contribution in [1.82, 2.24) is 4.48 Å². The normalized spacial score (nSPS) is 13.7. The number of aromatic nitrogens is 1. The molecule has 5 aromatic carbocycles. The molecule has 0 aliphatic carbocycles. The molecule has 0 spiro atoms. The highest BCUT2D eigenvalue weighted by molar-refractivity contribution is 7.85. The molecule has 0 fully saturated rings. The Morgan fingerprint density at radius 3 is 1.82 bits per heavy atom. The van der Waals surface area contributed by atoms with Crippen molar-refractivity contribution in [3.8, 4) is 35.3 Å². The molecule has 0 saturated carbocycles. The summed E-state index contributed by atoms with van der Waals surface area (Å²) in [5.74, 6) is 19.5. The first kappa shape index (κ1) is 61.1. The van der Waals surface area contributed by atoms with Gasteiger partial charge in [-0.3, -0.25) is 4.99 Å². The van der Waals surface area contributed by atoms with Crippen LogP contribution in [-0.4, -0.2) is 157 Å². The van der Waals surface area contributed by atoms with E-state index in [1.165, 1.54) is 5.57 Å². The van der Waals surface area contributed by atoms with Gasteiger partial charge < -0.3 is 36.8 Å². The van der Waals surface area contributed by atoms with E-state index in [0.29, 0.717) is 53.9 Å². The molecule has 2 heterocycles. The summed E-state index contributed by atoms with van der Waals surface area (Å²) in [6.45, 7) is 14.9. The highest BCUT2D eigenvalue weighted by atomic mass is 32.2. The van der Waals surface area contributed by atoms with Crippen LogP contribution in [-0.2, 0) is 40.9 Å². The highest BCUT2D eigenvalue weighted by Gasteiger charge is 2.31. The zero-order chi connectivity index (χ0) is 58.2. The van der Waals surface area contributed by atoms with Gasteiger partial charge in [-0.15, -0.1) is 11.6 Å². The van der Waals surface area contributed by atoms with Crippen LogP contribution in [0.4, 0.5) is 0 Å². The summed E-state index contributed by atoms with van der Waals surface area (Å²) in [5.41, 5.74) is 12.2. The van der Waals surface area contributed by atoms with Crippen molar-refractivity contribution in [2.24, 2.45) is 4.99 Å². The molecule has 0 saturated heterocycles. The van der Waals surface area contributed by atoms with Gasteiger partial charge in [-0.1, -0.05) is 86.1 Å². The lowest BCUT2D eigenvalue weighted by atomic mass is 9.63. The van der Waals surface area contributed by atoms with Crippen LogP contribution in [0.25, 0.3) is 37.9 Å². The molecule has 14 nitrogen and oxygen atoms in total. The van der Waals surface area contributed by atoms with Crippen LogP contribution in [0, 0.1) is 49.2 Å². The number of rotatable bonds is 22. The molecule has 6 aromatic rings. The Hall–Kier alpha value is -6.56. The van der Waals surface area contributed by atoms with Gasteiger partial charge in [0.1, 0.15) is 19.7 Å². The molecule has 0 bridgehead atoms. The Kier molecular flexibility index (Phi) is 19.8. The summed E-state index contributed by atoms with van der Waals surface area (Å²) in [7, 11) is 0.685. The van der Waals surface area contributed by atoms with Gasteiger partial charge in [0, 0.05) is 65.3 Å². The number of allylic oxidation sites excluding steroid dienone is 2. The van der Waals surface area contributed by atoms with Crippen molar-refractivity contribution >= 4 is 76.7 Å². The van der Waals surface area contributed by atoms with Gasteiger partial charge in [0.25, 0.3) is 0 Å². The van der Waals surface area contributed by atoms with Gasteiger partial charge in [0.2, 0.25) is 0 Å². The number of ether oxygens (including phenoxy) is 3. The summed E-state index contributed by atoms with van der Waals surface area (Å²) < 4.78 is 87.9. The Balaban J connectivity index is 1.31. The topological polar surface area (TPSA) is 176 Å². The summed E-state index contributed by atoms with van der Waals surface area (Å²) in [5, 5.41) is 5.84.